The number of benzene rings is 8. The molecule has 18 rings (SSSR count). The number of ether oxygens (including phenoxy) is 5. The number of carbonyl (C=O) groups excluding carboxylic acids is 8. The normalized spacial score (nSPS) is 15.3. The minimum Gasteiger partial charge on any atom is -0.378 e. The van der Waals surface area contributed by atoms with Crippen LogP contribution < -0.4 is 68.8 Å². The number of H-pyrrole nitrogens is 4. The number of nitrogens with two attached hydrogens (primary N) is 1. The lowest BCUT2D eigenvalue weighted by molar-refractivity contribution is 0.0302. The molecule has 6 aliphatic heterocycles. The molecule has 690 valence electrons. The zero-order valence-electron chi connectivity index (χ0n) is 75.2. The number of nitrogens with one attached hydrogen (secondary N) is 8. The molecule has 10 N–H and O–H groups in total. The number of aromatic amines is 4. The molecule has 6 aliphatic rings. The zero-order valence-corrected chi connectivity index (χ0v) is 75.2. The van der Waals surface area contributed by atoms with Crippen molar-refractivity contribution in [3.63, 3.8) is 0 Å². The molecule has 34 heteroatoms. The maximum absolute atomic E-state index is 13.6. The summed E-state index contributed by atoms with van der Waals surface area (Å²) in [4.78, 5) is 178. The Kier molecular flexibility index (Phi) is 29.4. The van der Waals surface area contributed by atoms with E-state index >= 15 is 0 Å². The van der Waals surface area contributed by atoms with Gasteiger partial charge in [0.05, 0.1) is 88.3 Å². The molecule has 6 saturated heterocycles. The molecular weight excluding hydrogens is 1700 g/mol. The number of likely N-dealkylation sites (N-methyl/N-ethyl adjacent to an activating group) is 1. The van der Waals surface area contributed by atoms with E-state index in [9.17, 15) is 57.5 Å². The summed E-state index contributed by atoms with van der Waals surface area (Å²) in [5.74, 6) is -2.17. The second-order valence-electron chi connectivity index (χ2n) is 33.5. The number of hydrogen-bond donors (Lipinski definition) is 9. The van der Waals surface area contributed by atoms with Crippen molar-refractivity contribution in [2.75, 3.05) is 220 Å². The lowest BCUT2D eigenvalue weighted by atomic mass is 10.0. The van der Waals surface area contributed by atoms with Gasteiger partial charge in [-0.15, -0.1) is 0 Å². The Morgan fingerprint density at radius 1 is 0.308 bits per heavy atom. The van der Waals surface area contributed by atoms with E-state index in [1.54, 1.807) is 110 Å². The highest BCUT2D eigenvalue weighted by molar-refractivity contribution is 6.14. The molecule has 8 aromatic carbocycles. The highest BCUT2D eigenvalue weighted by atomic mass is 16.5. The van der Waals surface area contributed by atoms with Gasteiger partial charge in [-0.1, -0.05) is 0 Å². The number of anilines is 8. The number of fused-ring (bicyclic) bond motifs is 4. The monoisotopic (exact) mass is 1810 g/mol. The van der Waals surface area contributed by atoms with Crippen LogP contribution >= 0.6 is 0 Å². The molecule has 12 aromatic rings. The van der Waals surface area contributed by atoms with E-state index in [0.717, 1.165) is 79.6 Å². The lowest BCUT2D eigenvalue weighted by Gasteiger charge is -2.33. The summed E-state index contributed by atoms with van der Waals surface area (Å²) in [6, 6.07) is 48.4. The van der Waals surface area contributed by atoms with Gasteiger partial charge in [0.15, 0.2) is 0 Å². The first-order valence-electron chi connectivity index (χ1n) is 44.2. The van der Waals surface area contributed by atoms with Crippen LogP contribution in [0.3, 0.4) is 0 Å². The standard InChI is InChI=1S/C27H31N5O4.C26H28N4O5.C24H26N4O4.C22H22N4O4/c1-18-15-25(33)29-23-5-4-20(17-21(18)23)28-26(34)22-16-19(27(35)32-9-7-30(2)8-10-32)3-6-24(22)31-11-13-36-14-12-31;1-17-14-24(31)28-22-4-3-19(16-20(17)22)27-25(32)21-15-18(26(33)30-8-12-35-13-9-30)2-5-23(21)29-6-10-34-11-7-29;1-15-12-22(29)26-20-6-5-17(14-18(15)20)25-23(30)19-13-16(24(31)27(2)3)4-7-21(19)28-8-10-32-11-9-28;1-13-10-20(27)25-18-4-3-15(12-16(13)18)24-22(29)17-11-14(21(23)28)2-5-19(17)26-6-8-30-9-7-26/h3-6,15-17H,7-14H2,1-2H3,(H,28,34)(H,29,33);2-5,14-16H,6-13H2,1H3,(H,27,32)(H,28,31);4-7,12-14H,8-11H2,1-3H3,(H,25,30)(H,26,29);2-5,10-12H,6-9H2,1H3,(H2,23,28)(H,24,29)(H,25,27). The van der Waals surface area contributed by atoms with Gasteiger partial charge in [-0.25, -0.2) is 0 Å². The number of amides is 8. The minimum absolute atomic E-state index is 0.0593. The van der Waals surface area contributed by atoms with E-state index in [2.05, 4.69) is 65.7 Å². The zero-order chi connectivity index (χ0) is 93.7. The third-order valence-electron chi connectivity index (χ3n) is 24.1. The molecule has 0 spiro atoms. The van der Waals surface area contributed by atoms with Gasteiger partial charge >= 0.3 is 0 Å². The van der Waals surface area contributed by atoms with E-state index in [1.807, 2.05) is 88.2 Å². The number of hydrogen-bond acceptors (Lipinski definition) is 22. The van der Waals surface area contributed by atoms with Crippen molar-refractivity contribution in [2.24, 2.45) is 5.73 Å². The summed E-state index contributed by atoms with van der Waals surface area (Å²) >= 11 is 0. The fourth-order valence-electron chi connectivity index (χ4n) is 16.9. The third kappa shape index (κ3) is 22.5. The number of aromatic nitrogens is 4. The van der Waals surface area contributed by atoms with E-state index in [0.29, 0.717) is 228 Å². The first kappa shape index (κ1) is 93.0. The van der Waals surface area contributed by atoms with Crippen LogP contribution in [0.5, 0.6) is 0 Å². The van der Waals surface area contributed by atoms with Crippen molar-refractivity contribution in [3.8, 4) is 0 Å². The molecular formula is C99H107N17O17. The Bertz CT molecular complexity index is 6710. The fraction of sp³-hybridized carbons (Fsp3) is 0.313. The van der Waals surface area contributed by atoms with Crippen molar-refractivity contribution in [1.29, 1.82) is 0 Å². The largest absolute Gasteiger partial charge is 0.378 e. The van der Waals surface area contributed by atoms with E-state index in [4.69, 9.17) is 29.4 Å². The van der Waals surface area contributed by atoms with E-state index in [-0.39, 0.29) is 69.2 Å². The van der Waals surface area contributed by atoms with E-state index < -0.39 is 5.91 Å². The Hall–Kier alpha value is -14.7. The predicted octanol–water partition coefficient (Wildman–Crippen LogP) is 9.36. The second kappa shape index (κ2) is 42.0. The summed E-state index contributed by atoms with van der Waals surface area (Å²) in [5.41, 5.74) is 19.7. The molecule has 0 saturated carbocycles. The molecule has 6 fully saturated rings. The van der Waals surface area contributed by atoms with Crippen molar-refractivity contribution in [2.45, 2.75) is 27.7 Å². The predicted molar refractivity (Wildman–Crippen MR) is 514 cm³/mol. The maximum atomic E-state index is 13.6. The van der Waals surface area contributed by atoms with Crippen LogP contribution in [0.1, 0.15) is 105 Å². The number of aryl methyl sites for hydroxylation is 4. The summed E-state index contributed by atoms with van der Waals surface area (Å²) < 4.78 is 27.2. The van der Waals surface area contributed by atoms with Crippen LogP contribution in [-0.4, -0.2) is 266 Å². The fourth-order valence-corrected chi connectivity index (χ4v) is 16.9. The van der Waals surface area contributed by atoms with Gasteiger partial charge in [-0.2, -0.15) is 0 Å². The van der Waals surface area contributed by atoms with Gasteiger partial charge in [-0.3, -0.25) is 57.5 Å². The Labute approximate surface area is 765 Å². The summed E-state index contributed by atoms with van der Waals surface area (Å²) in [7, 11) is 5.41. The second-order valence-corrected chi connectivity index (χ2v) is 33.5. The quantitative estimate of drug-likeness (QED) is 0.0435. The van der Waals surface area contributed by atoms with Crippen LogP contribution in [0.15, 0.2) is 189 Å². The molecule has 0 atom stereocenters. The number of nitrogens with zero attached hydrogens (tertiary/aromatic N) is 8. The first-order chi connectivity index (χ1) is 64.1. The molecule has 10 heterocycles. The van der Waals surface area contributed by atoms with Gasteiger partial charge in [-0.05, 0) is 203 Å². The van der Waals surface area contributed by atoms with Gasteiger partial charge in [0.1, 0.15) is 0 Å². The molecule has 0 bridgehead atoms. The average Bonchev–Trinajstić information content (AvgIpc) is 0.769. The Morgan fingerprint density at radius 2 is 0.556 bits per heavy atom. The van der Waals surface area contributed by atoms with Crippen LogP contribution in [0.4, 0.5) is 45.5 Å². The Morgan fingerprint density at radius 3 is 0.835 bits per heavy atom. The highest BCUT2D eigenvalue weighted by Gasteiger charge is 2.30. The number of carbonyl (C=O) groups is 8. The third-order valence-corrected chi connectivity index (χ3v) is 24.1. The highest BCUT2D eigenvalue weighted by Crippen LogP contribution is 2.34. The van der Waals surface area contributed by atoms with Gasteiger partial charge in [0.25, 0.3) is 41.4 Å². The molecule has 0 unspecified atom stereocenters. The molecule has 0 radical (unpaired) electrons. The Balaban J connectivity index is 0.000000136. The topological polar surface area (TPSA) is 414 Å². The van der Waals surface area contributed by atoms with Crippen molar-refractivity contribution < 1.29 is 62.0 Å². The molecule has 8 amide bonds. The molecule has 34 nitrogen and oxygen atoms in total. The molecule has 0 aliphatic carbocycles. The first-order valence-corrected chi connectivity index (χ1v) is 44.2. The lowest BCUT2D eigenvalue weighted by Crippen LogP contribution is -2.47. The summed E-state index contributed by atoms with van der Waals surface area (Å²) in [6.45, 7) is 22.5. The number of primary amides is 1. The maximum Gasteiger partial charge on any atom is 0.257 e. The number of rotatable bonds is 16. The number of piperazine rings is 1. The van der Waals surface area contributed by atoms with Crippen molar-refractivity contribution in [1.82, 2.24) is 39.5 Å². The van der Waals surface area contributed by atoms with Crippen molar-refractivity contribution >= 4 is 136 Å². The smallest absolute Gasteiger partial charge is 0.257 e. The molecule has 4 aromatic heterocycles. The summed E-state index contributed by atoms with van der Waals surface area (Å²) in [6.07, 6.45) is 0. The van der Waals surface area contributed by atoms with Gasteiger partial charge < -0.3 is 110 Å². The van der Waals surface area contributed by atoms with Crippen molar-refractivity contribution in [3.05, 3.63) is 278 Å². The average molecular weight is 1810 g/mol. The number of pyridine rings is 4. The molecule has 133 heavy (non-hydrogen) atoms. The van der Waals surface area contributed by atoms with Crippen LogP contribution in [0, 0.1) is 27.7 Å². The van der Waals surface area contributed by atoms with Crippen LogP contribution in [-0.2, 0) is 23.7 Å². The summed E-state index contributed by atoms with van der Waals surface area (Å²) in [5, 5.41) is 15.2. The van der Waals surface area contributed by atoms with Crippen LogP contribution in [0.25, 0.3) is 43.6 Å². The minimum atomic E-state index is -0.595. The SMILES string of the molecule is Cc1cc(=O)[nH]c2ccc(NC(=O)c3cc(C(=O)N(C)C)ccc3N3CCOCC3)cc12.Cc1cc(=O)[nH]c2ccc(NC(=O)c3cc(C(=O)N4CCN(C)CC4)ccc3N3CCOCC3)cc12.Cc1cc(=O)[nH]c2ccc(NC(=O)c3cc(C(=O)N4CCOCC4)ccc3N3CCOCC3)cc12.Cc1cc(=O)[nH]c2ccc(NC(=O)c3cc(C(N)=O)ccc3N3CCOCC3)cc12. The van der Waals surface area contributed by atoms with E-state index in [1.165, 1.54) is 35.2 Å². The van der Waals surface area contributed by atoms with Gasteiger partial charge in [0, 0.05) is 241 Å². The van der Waals surface area contributed by atoms with Crippen LogP contribution in [0.2, 0.25) is 0 Å². The van der Waals surface area contributed by atoms with Gasteiger partial charge in [0.2, 0.25) is 28.1 Å². The number of morpholine rings is 5.